The van der Waals surface area contributed by atoms with Crippen molar-refractivity contribution in [2.45, 2.75) is 39.2 Å². The zero-order valence-electron chi connectivity index (χ0n) is 10.5. The van der Waals surface area contributed by atoms with Gasteiger partial charge in [-0.25, -0.2) is 4.98 Å². The third kappa shape index (κ3) is 1.88. The van der Waals surface area contributed by atoms with Gasteiger partial charge in [-0.2, -0.15) is 0 Å². The third-order valence-corrected chi connectivity index (χ3v) is 3.84. The van der Waals surface area contributed by atoms with E-state index in [0.29, 0.717) is 5.92 Å². The van der Waals surface area contributed by atoms with Crippen molar-refractivity contribution >= 4 is 0 Å². The smallest absolute Gasteiger partial charge is 0.0948 e. The SMILES string of the molecule is Cc1ccc(C)c(C2CCc3cncn3C2)c1. The van der Waals surface area contributed by atoms with E-state index < -0.39 is 0 Å². The monoisotopic (exact) mass is 226 g/mol. The highest BCUT2D eigenvalue weighted by Gasteiger charge is 2.20. The molecule has 88 valence electrons. The molecule has 2 heterocycles. The van der Waals surface area contributed by atoms with Gasteiger partial charge in [0.05, 0.1) is 6.33 Å². The molecule has 1 aromatic carbocycles. The average molecular weight is 226 g/mol. The molecule has 0 saturated carbocycles. The second-order valence-electron chi connectivity index (χ2n) is 5.13. The molecule has 1 aliphatic rings. The van der Waals surface area contributed by atoms with E-state index in [1.807, 2.05) is 12.5 Å². The van der Waals surface area contributed by atoms with Crippen LogP contribution in [0.1, 0.15) is 34.7 Å². The van der Waals surface area contributed by atoms with Gasteiger partial charge in [-0.3, -0.25) is 0 Å². The summed E-state index contributed by atoms with van der Waals surface area (Å²) >= 11 is 0. The summed E-state index contributed by atoms with van der Waals surface area (Å²) < 4.78 is 2.30. The molecule has 17 heavy (non-hydrogen) atoms. The number of hydrogen-bond acceptors (Lipinski definition) is 1. The van der Waals surface area contributed by atoms with Crippen molar-refractivity contribution in [2.24, 2.45) is 0 Å². The molecule has 0 saturated heterocycles. The molecule has 1 aliphatic heterocycles. The summed E-state index contributed by atoms with van der Waals surface area (Å²) in [6.07, 6.45) is 6.36. The average Bonchev–Trinajstić information content (AvgIpc) is 2.79. The minimum atomic E-state index is 0.650. The quantitative estimate of drug-likeness (QED) is 0.730. The van der Waals surface area contributed by atoms with Gasteiger partial charge in [-0.1, -0.05) is 23.8 Å². The van der Waals surface area contributed by atoms with Crippen LogP contribution >= 0.6 is 0 Å². The standard InChI is InChI=1S/C15H18N2/c1-11-3-4-12(2)15(7-11)13-5-6-14-8-16-10-17(14)9-13/h3-4,7-8,10,13H,5-6,9H2,1-2H3. The zero-order chi connectivity index (χ0) is 11.8. The Balaban J connectivity index is 1.94. The Bertz CT molecular complexity index is 540. The molecule has 0 fully saturated rings. The van der Waals surface area contributed by atoms with Crippen molar-refractivity contribution in [3.05, 3.63) is 53.1 Å². The highest BCUT2D eigenvalue weighted by atomic mass is 15.1. The summed E-state index contributed by atoms with van der Waals surface area (Å²) in [4.78, 5) is 4.23. The molecule has 2 nitrogen and oxygen atoms in total. The van der Waals surface area contributed by atoms with E-state index in [0.717, 1.165) is 13.0 Å². The summed E-state index contributed by atoms with van der Waals surface area (Å²) in [5, 5.41) is 0. The number of hydrogen-bond donors (Lipinski definition) is 0. The van der Waals surface area contributed by atoms with Crippen LogP contribution in [0.2, 0.25) is 0 Å². The maximum atomic E-state index is 4.23. The van der Waals surface area contributed by atoms with Gasteiger partial charge in [-0.15, -0.1) is 0 Å². The van der Waals surface area contributed by atoms with Crippen molar-refractivity contribution in [3.8, 4) is 0 Å². The van der Waals surface area contributed by atoms with Gasteiger partial charge in [0.15, 0.2) is 0 Å². The van der Waals surface area contributed by atoms with Crippen LogP contribution in [0.4, 0.5) is 0 Å². The van der Waals surface area contributed by atoms with E-state index in [1.165, 1.54) is 28.8 Å². The summed E-state index contributed by atoms with van der Waals surface area (Å²) in [6.45, 7) is 5.48. The van der Waals surface area contributed by atoms with E-state index in [9.17, 15) is 0 Å². The van der Waals surface area contributed by atoms with Gasteiger partial charge in [0.1, 0.15) is 0 Å². The zero-order valence-corrected chi connectivity index (χ0v) is 10.5. The number of rotatable bonds is 1. The molecule has 0 N–H and O–H groups in total. The van der Waals surface area contributed by atoms with E-state index in [4.69, 9.17) is 0 Å². The van der Waals surface area contributed by atoms with Gasteiger partial charge >= 0.3 is 0 Å². The molecule has 0 aliphatic carbocycles. The minimum Gasteiger partial charge on any atom is -0.334 e. The Labute approximate surface area is 102 Å². The largest absolute Gasteiger partial charge is 0.334 e. The second kappa shape index (κ2) is 4.02. The molecule has 0 radical (unpaired) electrons. The summed E-state index contributed by atoms with van der Waals surface area (Å²) in [5.74, 6) is 0.650. The summed E-state index contributed by atoms with van der Waals surface area (Å²) in [5.41, 5.74) is 5.68. The number of aryl methyl sites for hydroxylation is 3. The number of aromatic nitrogens is 2. The Morgan fingerprint density at radius 1 is 1.29 bits per heavy atom. The lowest BCUT2D eigenvalue weighted by Crippen LogP contribution is -2.18. The minimum absolute atomic E-state index is 0.650. The fraction of sp³-hybridized carbons (Fsp3) is 0.400. The van der Waals surface area contributed by atoms with Crippen LogP contribution in [0, 0.1) is 13.8 Å². The van der Waals surface area contributed by atoms with Crippen LogP contribution in [0.3, 0.4) is 0 Å². The molecule has 0 spiro atoms. The Morgan fingerprint density at radius 2 is 2.18 bits per heavy atom. The number of benzene rings is 1. The normalized spacial score (nSPS) is 19.1. The molecule has 3 rings (SSSR count). The van der Waals surface area contributed by atoms with Crippen LogP contribution < -0.4 is 0 Å². The predicted molar refractivity (Wildman–Crippen MR) is 69.2 cm³/mol. The fourth-order valence-corrected chi connectivity index (χ4v) is 2.83. The lowest BCUT2D eigenvalue weighted by Gasteiger charge is -2.26. The van der Waals surface area contributed by atoms with E-state index in [-0.39, 0.29) is 0 Å². The van der Waals surface area contributed by atoms with Crippen LogP contribution in [-0.4, -0.2) is 9.55 Å². The second-order valence-corrected chi connectivity index (χ2v) is 5.13. The summed E-state index contributed by atoms with van der Waals surface area (Å²) in [6, 6.07) is 6.79. The van der Waals surface area contributed by atoms with Crippen molar-refractivity contribution in [3.63, 3.8) is 0 Å². The number of fused-ring (bicyclic) bond motifs is 1. The molecular weight excluding hydrogens is 208 g/mol. The lowest BCUT2D eigenvalue weighted by atomic mass is 9.87. The topological polar surface area (TPSA) is 17.8 Å². The first-order valence-corrected chi connectivity index (χ1v) is 6.30. The van der Waals surface area contributed by atoms with E-state index in [1.54, 1.807) is 0 Å². The van der Waals surface area contributed by atoms with Crippen LogP contribution in [-0.2, 0) is 13.0 Å². The number of nitrogens with zero attached hydrogens (tertiary/aromatic N) is 2. The van der Waals surface area contributed by atoms with Gasteiger partial charge in [0.25, 0.3) is 0 Å². The fourth-order valence-electron chi connectivity index (χ4n) is 2.83. The van der Waals surface area contributed by atoms with Gasteiger partial charge in [0, 0.05) is 24.4 Å². The molecule has 2 aromatic rings. The first-order chi connectivity index (χ1) is 8.24. The number of imidazole rings is 1. The third-order valence-electron chi connectivity index (χ3n) is 3.84. The molecule has 0 bridgehead atoms. The van der Waals surface area contributed by atoms with E-state index >= 15 is 0 Å². The predicted octanol–water partition coefficient (Wildman–Crippen LogP) is 3.23. The molecule has 1 atom stereocenters. The van der Waals surface area contributed by atoms with Crippen LogP contribution in [0.25, 0.3) is 0 Å². The van der Waals surface area contributed by atoms with Crippen LogP contribution in [0.5, 0.6) is 0 Å². The van der Waals surface area contributed by atoms with Crippen molar-refractivity contribution in [2.75, 3.05) is 0 Å². The maximum absolute atomic E-state index is 4.23. The molecule has 1 unspecified atom stereocenters. The molecule has 2 heteroatoms. The van der Waals surface area contributed by atoms with Crippen molar-refractivity contribution < 1.29 is 0 Å². The van der Waals surface area contributed by atoms with E-state index in [2.05, 4.69) is 41.6 Å². The Morgan fingerprint density at radius 3 is 3.06 bits per heavy atom. The van der Waals surface area contributed by atoms with Crippen molar-refractivity contribution in [1.82, 2.24) is 9.55 Å². The van der Waals surface area contributed by atoms with Crippen molar-refractivity contribution in [1.29, 1.82) is 0 Å². The first-order valence-electron chi connectivity index (χ1n) is 6.30. The maximum Gasteiger partial charge on any atom is 0.0948 e. The Hall–Kier alpha value is -1.57. The molecule has 1 aromatic heterocycles. The highest BCUT2D eigenvalue weighted by molar-refractivity contribution is 5.34. The lowest BCUT2D eigenvalue weighted by molar-refractivity contribution is 0.462. The van der Waals surface area contributed by atoms with Gasteiger partial charge < -0.3 is 4.57 Å². The Kier molecular flexibility index (Phi) is 2.50. The van der Waals surface area contributed by atoms with Gasteiger partial charge in [-0.05, 0) is 37.8 Å². The highest BCUT2D eigenvalue weighted by Crippen LogP contribution is 2.31. The first kappa shape index (κ1) is 10.6. The molecule has 0 amide bonds. The van der Waals surface area contributed by atoms with Crippen LogP contribution in [0.15, 0.2) is 30.7 Å². The van der Waals surface area contributed by atoms with Gasteiger partial charge in [0.2, 0.25) is 0 Å². The molecular formula is C15H18N2. The summed E-state index contributed by atoms with van der Waals surface area (Å²) in [7, 11) is 0.